The summed E-state index contributed by atoms with van der Waals surface area (Å²) in [5.74, 6) is 2.90. The minimum atomic E-state index is 0.670. The maximum absolute atomic E-state index is 2.50. The van der Waals surface area contributed by atoms with Crippen molar-refractivity contribution in [2.24, 2.45) is 23.2 Å². The fourth-order valence-corrected chi connectivity index (χ4v) is 3.56. The van der Waals surface area contributed by atoms with Gasteiger partial charge in [-0.05, 0) is 29.6 Å². The lowest BCUT2D eigenvalue weighted by atomic mass is 9.46. The van der Waals surface area contributed by atoms with Gasteiger partial charge in [-0.25, -0.2) is 0 Å². The zero-order valence-corrected chi connectivity index (χ0v) is 9.35. The van der Waals surface area contributed by atoms with E-state index in [0.717, 1.165) is 17.8 Å². The number of hydrogen-bond donors (Lipinski definition) is 0. The maximum Gasteiger partial charge on any atom is -0.0267 e. The van der Waals surface area contributed by atoms with E-state index in [-0.39, 0.29) is 0 Å². The molecule has 0 aromatic rings. The van der Waals surface area contributed by atoms with Gasteiger partial charge in [0.2, 0.25) is 0 Å². The number of hydrogen-bond acceptors (Lipinski definition) is 0. The van der Waals surface area contributed by atoms with Crippen LogP contribution < -0.4 is 0 Å². The van der Waals surface area contributed by atoms with E-state index >= 15 is 0 Å². The summed E-state index contributed by atoms with van der Waals surface area (Å²) in [5, 5.41) is 0. The predicted octanol–water partition coefficient (Wildman–Crippen LogP) is 4.10. The van der Waals surface area contributed by atoms with Gasteiger partial charge < -0.3 is 0 Å². The topological polar surface area (TPSA) is 0 Å². The Hall–Kier alpha value is 0. The Bertz CT molecular complexity index is 150. The van der Waals surface area contributed by atoms with E-state index in [2.05, 4.69) is 34.6 Å². The van der Waals surface area contributed by atoms with E-state index in [1.165, 1.54) is 19.3 Å². The first-order valence-corrected chi connectivity index (χ1v) is 5.57. The Morgan fingerprint density at radius 1 is 1.17 bits per heavy atom. The van der Waals surface area contributed by atoms with Crippen molar-refractivity contribution in [3.63, 3.8) is 0 Å². The zero-order chi connectivity index (χ0) is 9.35. The Kier molecular flexibility index (Phi) is 2.85. The van der Waals surface area contributed by atoms with Crippen LogP contribution in [0.25, 0.3) is 0 Å². The van der Waals surface area contributed by atoms with E-state index in [4.69, 9.17) is 0 Å². The van der Waals surface area contributed by atoms with Gasteiger partial charge in [0, 0.05) is 0 Å². The molecule has 0 spiro atoms. The van der Waals surface area contributed by atoms with Crippen LogP contribution in [0, 0.1) is 23.2 Å². The third-order valence-electron chi connectivity index (χ3n) is 4.54. The summed E-state index contributed by atoms with van der Waals surface area (Å²) in [6.07, 6.45) is 4.16. The second-order valence-electron chi connectivity index (χ2n) is 4.92. The lowest BCUT2D eigenvalue weighted by molar-refractivity contribution is -0.0996. The molecule has 0 amide bonds. The van der Waals surface area contributed by atoms with Crippen LogP contribution in [0.5, 0.6) is 0 Å². The van der Waals surface area contributed by atoms with Crippen LogP contribution in [0.3, 0.4) is 0 Å². The van der Waals surface area contributed by atoms with E-state index < -0.39 is 0 Å². The van der Waals surface area contributed by atoms with E-state index in [1.54, 1.807) is 0 Å². The molecule has 4 unspecified atom stereocenters. The van der Waals surface area contributed by atoms with Gasteiger partial charge in [-0.15, -0.1) is 0 Å². The standard InChI is InChI=1S/C12H24/c1-6-8-12(5)10(4)9(3)11(12)7-2/h9-11H,6-8H2,1-5H3. The SMILES string of the molecule is CCCC1(C)C(C)C(C)C1CC. The normalized spacial score (nSPS) is 47.2. The fourth-order valence-electron chi connectivity index (χ4n) is 3.56. The van der Waals surface area contributed by atoms with Crippen LogP contribution in [0.2, 0.25) is 0 Å². The highest BCUT2D eigenvalue weighted by molar-refractivity contribution is 5.00. The van der Waals surface area contributed by atoms with Gasteiger partial charge in [-0.1, -0.05) is 47.5 Å². The van der Waals surface area contributed by atoms with Gasteiger partial charge in [-0.3, -0.25) is 0 Å². The van der Waals surface area contributed by atoms with Crippen LogP contribution >= 0.6 is 0 Å². The quantitative estimate of drug-likeness (QED) is 0.595. The molecule has 1 fully saturated rings. The first-order chi connectivity index (χ1) is 5.57. The summed E-state index contributed by atoms with van der Waals surface area (Å²) in [5.41, 5.74) is 0.670. The molecule has 0 nitrogen and oxygen atoms in total. The van der Waals surface area contributed by atoms with Crippen molar-refractivity contribution in [3.05, 3.63) is 0 Å². The average Bonchev–Trinajstić information content (AvgIpc) is 2.05. The molecule has 0 N–H and O–H groups in total. The Morgan fingerprint density at radius 2 is 1.75 bits per heavy atom. The molecule has 0 heterocycles. The van der Waals surface area contributed by atoms with Crippen molar-refractivity contribution in [2.45, 2.75) is 53.9 Å². The van der Waals surface area contributed by atoms with Crippen LogP contribution in [-0.2, 0) is 0 Å². The molecule has 1 rings (SSSR count). The molecule has 0 heteroatoms. The molecule has 0 bridgehead atoms. The molecular formula is C12H24. The molecule has 12 heavy (non-hydrogen) atoms. The van der Waals surface area contributed by atoms with Crippen molar-refractivity contribution < 1.29 is 0 Å². The van der Waals surface area contributed by atoms with Crippen LogP contribution in [-0.4, -0.2) is 0 Å². The van der Waals surface area contributed by atoms with Crippen molar-refractivity contribution >= 4 is 0 Å². The molecule has 0 aromatic heterocycles. The lowest BCUT2D eigenvalue weighted by Crippen LogP contribution is -2.52. The highest BCUT2D eigenvalue weighted by atomic mass is 14.6. The number of rotatable bonds is 3. The summed E-state index contributed by atoms with van der Waals surface area (Å²) in [4.78, 5) is 0. The van der Waals surface area contributed by atoms with Gasteiger partial charge >= 0.3 is 0 Å². The van der Waals surface area contributed by atoms with Gasteiger partial charge in [0.25, 0.3) is 0 Å². The summed E-state index contributed by atoms with van der Waals surface area (Å²) in [6.45, 7) is 12.0. The molecule has 0 aliphatic heterocycles. The molecule has 4 atom stereocenters. The summed E-state index contributed by atoms with van der Waals surface area (Å²) in [6, 6.07) is 0. The summed E-state index contributed by atoms with van der Waals surface area (Å²) >= 11 is 0. The monoisotopic (exact) mass is 168 g/mol. The fraction of sp³-hybridized carbons (Fsp3) is 1.00. The smallest absolute Gasteiger partial charge is 0.0267 e. The van der Waals surface area contributed by atoms with Crippen molar-refractivity contribution in [2.75, 3.05) is 0 Å². The van der Waals surface area contributed by atoms with Crippen molar-refractivity contribution in [1.29, 1.82) is 0 Å². The highest BCUT2D eigenvalue weighted by Gasteiger charge is 2.52. The van der Waals surface area contributed by atoms with E-state index in [0.29, 0.717) is 5.41 Å². The minimum Gasteiger partial charge on any atom is -0.0654 e. The second-order valence-corrected chi connectivity index (χ2v) is 4.92. The minimum absolute atomic E-state index is 0.670. The largest absolute Gasteiger partial charge is 0.0654 e. The molecule has 0 saturated heterocycles. The maximum atomic E-state index is 2.50. The first kappa shape index (κ1) is 10.1. The molecule has 1 aliphatic carbocycles. The molecule has 1 saturated carbocycles. The Morgan fingerprint density at radius 3 is 2.17 bits per heavy atom. The van der Waals surface area contributed by atoms with E-state index in [1.807, 2.05) is 0 Å². The van der Waals surface area contributed by atoms with Gasteiger partial charge in [0.05, 0.1) is 0 Å². The lowest BCUT2D eigenvalue weighted by Gasteiger charge is -2.58. The molecular weight excluding hydrogens is 144 g/mol. The van der Waals surface area contributed by atoms with Crippen LogP contribution in [0.15, 0.2) is 0 Å². The van der Waals surface area contributed by atoms with Crippen molar-refractivity contribution in [3.8, 4) is 0 Å². The van der Waals surface area contributed by atoms with Crippen molar-refractivity contribution in [1.82, 2.24) is 0 Å². The Labute approximate surface area is 77.7 Å². The zero-order valence-electron chi connectivity index (χ0n) is 9.35. The Balaban J connectivity index is 2.63. The third kappa shape index (κ3) is 1.20. The van der Waals surface area contributed by atoms with E-state index in [9.17, 15) is 0 Å². The third-order valence-corrected chi connectivity index (χ3v) is 4.54. The first-order valence-electron chi connectivity index (χ1n) is 5.57. The van der Waals surface area contributed by atoms with Gasteiger partial charge in [0.1, 0.15) is 0 Å². The molecule has 0 aromatic carbocycles. The highest BCUT2D eigenvalue weighted by Crippen LogP contribution is 2.59. The average molecular weight is 168 g/mol. The summed E-state index contributed by atoms with van der Waals surface area (Å²) in [7, 11) is 0. The predicted molar refractivity (Wildman–Crippen MR) is 55.1 cm³/mol. The molecule has 0 radical (unpaired) electrons. The molecule has 1 aliphatic rings. The van der Waals surface area contributed by atoms with Crippen LogP contribution in [0.4, 0.5) is 0 Å². The van der Waals surface area contributed by atoms with Gasteiger partial charge in [0.15, 0.2) is 0 Å². The summed E-state index contributed by atoms with van der Waals surface area (Å²) < 4.78 is 0. The van der Waals surface area contributed by atoms with Crippen LogP contribution in [0.1, 0.15) is 53.9 Å². The second kappa shape index (κ2) is 3.40. The van der Waals surface area contributed by atoms with Gasteiger partial charge in [-0.2, -0.15) is 0 Å². The molecule has 72 valence electrons.